The van der Waals surface area contributed by atoms with Crippen LogP contribution in [0, 0.1) is 6.92 Å². The second-order valence-corrected chi connectivity index (χ2v) is 3.58. The van der Waals surface area contributed by atoms with Gasteiger partial charge in [-0.3, -0.25) is 4.79 Å². The van der Waals surface area contributed by atoms with Crippen molar-refractivity contribution in [3.63, 3.8) is 0 Å². The van der Waals surface area contributed by atoms with E-state index in [1.807, 2.05) is 5.32 Å². The molecule has 2 N–H and O–H groups in total. The number of aliphatic hydroxyl groups excluding tert-OH is 1. The first-order chi connectivity index (χ1) is 7.82. The summed E-state index contributed by atoms with van der Waals surface area (Å²) < 4.78 is 35.9. The summed E-state index contributed by atoms with van der Waals surface area (Å²) in [4.78, 5) is 11.5. The second kappa shape index (κ2) is 5.18. The molecule has 94 valence electrons. The van der Waals surface area contributed by atoms with E-state index < -0.39 is 24.7 Å². The number of hydrogen-bond donors (Lipinski definition) is 2. The Morgan fingerprint density at radius 2 is 2.00 bits per heavy atom. The van der Waals surface area contributed by atoms with Gasteiger partial charge in [0.15, 0.2) is 6.10 Å². The van der Waals surface area contributed by atoms with E-state index in [4.69, 9.17) is 5.11 Å². The third kappa shape index (κ3) is 3.74. The lowest BCUT2D eigenvalue weighted by Gasteiger charge is -2.15. The second-order valence-electron chi connectivity index (χ2n) is 3.58. The van der Waals surface area contributed by atoms with E-state index in [-0.39, 0.29) is 0 Å². The number of carbonyl (C=O) groups excluding carboxylic acids is 1. The Labute approximate surface area is 96.3 Å². The van der Waals surface area contributed by atoms with Gasteiger partial charge >= 0.3 is 6.18 Å². The van der Waals surface area contributed by atoms with Crippen LogP contribution in [0.3, 0.4) is 0 Å². The molecular formula is C11H12F3NO2. The molecule has 0 saturated carbocycles. The summed E-state index contributed by atoms with van der Waals surface area (Å²) in [5.41, 5.74) is 0.952. The summed E-state index contributed by atoms with van der Waals surface area (Å²) in [6.07, 6.45) is -7.27. The third-order valence-electron chi connectivity index (χ3n) is 2.22. The maximum absolute atomic E-state index is 12.0. The van der Waals surface area contributed by atoms with Crippen molar-refractivity contribution in [2.75, 3.05) is 6.54 Å². The van der Waals surface area contributed by atoms with E-state index in [1.54, 1.807) is 25.1 Å². The largest absolute Gasteiger partial charge is 0.416 e. The Morgan fingerprint density at radius 3 is 2.53 bits per heavy atom. The average Bonchev–Trinajstić information content (AvgIpc) is 2.24. The summed E-state index contributed by atoms with van der Waals surface area (Å²) >= 11 is 0. The van der Waals surface area contributed by atoms with Crippen molar-refractivity contribution in [3.8, 4) is 0 Å². The average molecular weight is 247 g/mol. The molecule has 0 heterocycles. The molecule has 0 fully saturated rings. The molecule has 0 aliphatic carbocycles. The molecule has 6 heteroatoms. The molecule has 0 radical (unpaired) electrons. The van der Waals surface area contributed by atoms with Crippen LogP contribution in [0.25, 0.3) is 0 Å². The van der Waals surface area contributed by atoms with Gasteiger partial charge in [0.05, 0.1) is 6.54 Å². The van der Waals surface area contributed by atoms with Gasteiger partial charge in [-0.1, -0.05) is 18.2 Å². The molecule has 1 atom stereocenters. The Kier molecular flexibility index (Phi) is 4.11. The number of halogens is 3. The quantitative estimate of drug-likeness (QED) is 0.853. The summed E-state index contributed by atoms with van der Waals surface area (Å²) in [5.74, 6) is -0.633. The lowest BCUT2D eigenvalue weighted by Crippen LogP contribution is -2.40. The highest BCUT2D eigenvalue weighted by Gasteiger charge is 2.38. The smallest absolute Gasteiger partial charge is 0.382 e. The molecule has 0 spiro atoms. The molecule has 3 nitrogen and oxygen atoms in total. The molecule has 0 aliphatic rings. The van der Waals surface area contributed by atoms with Gasteiger partial charge in [-0.2, -0.15) is 13.2 Å². The van der Waals surface area contributed by atoms with E-state index in [1.165, 1.54) is 6.07 Å². The number of hydrogen-bond acceptors (Lipinski definition) is 2. The Hall–Kier alpha value is -1.56. The van der Waals surface area contributed by atoms with Crippen LogP contribution in [-0.4, -0.2) is 29.8 Å². The van der Waals surface area contributed by atoms with Crippen molar-refractivity contribution in [1.29, 1.82) is 0 Å². The monoisotopic (exact) mass is 247 g/mol. The molecule has 1 unspecified atom stereocenters. The number of rotatable bonds is 3. The number of alkyl halides is 3. The molecule has 0 aliphatic heterocycles. The first-order valence-corrected chi connectivity index (χ1v) is 4.91. The van der Waals surface area contributed by atoms with Crippen molar-refractivity contribution in [1.82, 2.24) is 5.32 Å². The predicted molar refractivity (Wildman–Crippen MR) is 55.6 cm³/mol. The van der Waals surface area contributed by atoms with E-state index in [0.717, 1.165) is 0 Å². The molecule has 1 aromatic rings. The van der Waals surface area contributed by atoms with Crippen LogP contribution in [0.5, 0.6) is 0 Å². The van der Waals surface area contributed by atoms with Crippen molar-refractivity contribution in [3.05, 3.63) is 35.4 Å². The highest BCUT2D eigenvalue weighted by atomic mass is 19.4. The van der Waals surface area contributed by atoms with Crippen LogP contribution < -0.4 is 5.32 Å². The van der Waals surface area contributed by atoms with Gasteiger partial charge in [-0.25, -0.2) is 0 Å². The first kappa shape index (κ1) is 13.5. The van der Waals surface area contributed by atoms with E-state index in [9.17, 15) is 18.0 Å². The van der Waals surface area contributed by atoms with Crippen LogP contribution in [0.1, 0.15) is 15.9 Å². The van der Waals surface area contributed by atoms with Gasteiger partial charge in [0.1, 0.15) is 0 Å². The number of aryl methyl sites for hydroxylation is 1. The van der Waals surface area contributed by atoms with Crippen LogP contribution in [0.4, 0.5) is 13.2 Å². The van der Waals surface area contributed by atoms with Gasteiger partial charge in [-0.05, 0) is 18.6 Å². The zero-order valence-corrected chi connectivity index (χ0v) is 9.08. The Morgan fingerprint density at radius 1 is 1.41 bits per heavy atom. The summed E-state index contributed by atoms with van der Waals surface area (Å²) in [6.45, 7) is 0.825. The summed E-state index contributed by atoms with van der Waals surface area (Å²) in [6, 6.07) is 6.51. The maximum Gasteiger partial charge on any atom is 0.416 e. The number of carbonyl (C=O) groups is 1. The number of amides is 1. The normalized spacial score (nSPS) is 13.2. The van der Waals surface area contributed by atoms with Crippen LogP contribution in [0.15, 0.2) is 24.3 Å². The first-order valence-electron chi connectivity index (χ1n) is 4.91. The summed E-state index contributed by atoms with van der Waals surface area (Å²) in [7, 11) is 0. The minimum Gasteiger partial charge on any atom is -0.382 e. The zero-order chi connectivity index (χ0) is 13.1. The predicted octanol–water partition coefficient (Wildman–Crippen LogP) is 1.65. The molecule has 0 saturated heterocycles. The van der Waals surface area contributed by atoms with Gasteiger partial charge in [0, 0.05) is 5.56 Å². The molecule has 1 rings (SSSR count). The highest BCUT2D eigenvalue weighted by Crippen LogP contribution is 2.19. The summed E-state index contributed by atoms with van der Waals surface area (Å²) in [5, 5.41) is 10.7. The number of aliphatic hydroxyl groups is 1. The topological polar surface area (TPSA) is 49.3 Å². The lowest BCUT2D eigenvalue weighted by molar-refractivity contribution is -0.201. The van der Waals surface area contributed by atoms with Crippen molar-refractivity contribution >= 4 is 5.91 Å². The lowest BCUT2D eigenvalue weighted by atomic mass is 10.1. The van der Waals surface area contributed by atoms with Crippen LogP contribution in [0.2, 0.25) is 0 Å². The van der Waals surface area contributed by atoms with E-state index >= 15 is 0 Å². The molecular weight excluding hydrogens is 235 g/mol. The maximum atomic E-state index is 12.0. The SMILES string of the molecule is Cc1ccccc1C(=O)NCC(O)C(F)(F)F. The molecule has 1 aromatic carbocycles. The minimum absolute atomic E-state index is 0.293. The minimum atomic E-state index is -4.72. The Bertz CT molecular complexity index is 404. The zero-order valence-electron chi connectivity index (χ0n) is 9.08. The fraction of sp³-hybridized carbons (Fsp3) is 0.364. The fourth-order valence-corrected chi connectivity index (χ4v) is 1.23. The molecule has 0 aromatic heterocycles. The fourth-order valence-electron chi connectivity index (χ4n) is 1.23. The van der Waals surface area contributed by atoms with Crippen LogP contribution >= 0.6 is 0 Å². The highest BCUT2D eigenvalue weighted by molar-refractivity contribution is 5.95. The number of benzene rings is 1. The van der Waals surface area contributed by atoms with Gasteiger partial charge in [-0.15, -0.1) is 0 Å². The van der Waals surface area contributed by atoms with Crippen molar-refractivity contribution in [2.45, 2.75) is 19.2 Å². The van der Waals surface area contributed by atoms with Crippen molar-refractivity contribution < 1.29 is 23.1 Å². The van der Waals surface area contributed by atoms with Crippen LogP contribution in [-0.2, 0) is 0 Å². The molecule has 0 bridgehead atoms. The van der Waals surface area contributed by atoms with Gasteiger partial charge < -0.3 is 10.4 Å². The third-order valence-corrected chi connectivity index (χ3v) is 2.22. The van der Waals surface area contributed by atoms with Crippen molar-refractivity contribution in [2.24, 2.45) is 0 Å². The van der Waals surface area contributed by atoms with Gasteiger partial charge in [0.2, 0.25) is 0 Å². The van der Waals surface area contributed by atoms with Gasteiger partial charge in [0.25, 0.3) is 5.91 Å². The Balaban J connectivity index is 2.60. The molecule has 17 heavy (non-hydrogen) atoms. The van der Waals surface area contributed by atoms with E-state index in [2.05, 4.69) is 0 Å². The standard InChI is InChI=1S/C11H12F3NO2/c1-7-4-2-3-5-8(7)10(17)15-6-9(16)11(12,13)14/h2-5,9,16H,6H2,1H3,(H,15,17). The number of nitrogens with one attached hydrogen (secondary N) is 1. The van der Waals surface area contributed by atoms with E-state index in [0.29, 0.717) is 11.1 Å². The molecule has 1 amide bonds.